The third-order valence-corrected chi connectivity index (χ3v) is 5.65. The summed E-state index contributed by atoms with van der Waals surface area (Å²) in [6.07, 6.45) is 3.38. The van der Waals surface area contributed by atoms with Gasteiger partial charge in [0, 0.05) is 13.1 Å². The van der Waals surface area contributed by atoms with Crippen molar-refractivity contribution in [1.82, 2.24) is 4.31 Å². The number of carboxylic acids is 1. The fourth-order valence-corrected chi connectivity index (χ4v) is 4.18. The monoisotopic (exact) mass is 291 g/mol. The van der Waals surface area contributed by atoms with E-state index >= 15 is 0 Å². The van der Waals surface area contributed by atoms with Crippen LogP contribution >= 0.6 is 0 Å². The molecule has 1 heterocycles. The standard InChI is InChI=1S/C12H21NO5S/c14-12(15)5-8-18-11-3-6-13(7-4-11)19(16,17)9-10-1-2-10/h10-11H,1-9H2,(H,14,15). The number of sulfonamides is 1. The van der Waals surface area contributed by atoms with Gasteiger partial charge in [-0.25, -0.2) is 12.7 Å². The van der Waals surface area contributed by atoms with Crippen LogP contribution in [-0.2, 0) is 19.6 Å². The van der Waals surface area contributed by atoms with Crippen molar-refractivity contribution in [2.45, 2.75) is 38.2 Å². The summed E-state index contributed by atoms with van der Waals surface area (Å²) >= 11 is 0. The maximum atomic E-state index is 12.1. The van der Waals surface area contributed by atoms with E-state index in [-0.39, 0.29) is 24.9 Å². The number of ether oxygens (including phenoxy) is 1. The maximum absolute atomic E-state index is 12.1. The Morgan fingerprint density at radius 3 is 2.37 bits per heavy atom. The van der Waals surface area contributed by atoms with Crippen LogP contribution in [0.15, 0.2) is 0 Å². The summed E-state index contributed by atoms with van der Waals surface area (Å²) in [6, 6.07) is 0. The molecule has 0 bridgehead atoms. The van der Waals surface area contributed by atoms with E-state index in [0.29, 0.717) is 31.8 Å². The number of hydrogen-bond acceptors (Lipinski definition) is 4. The van der Waals surface area contributed by atoms with Crippen LogP contribution in [0.4, 0.5) is 0 Å². The van der Waals surface area contributed by atoms with Crippen LogP contribution in [0.2, 0.25) is 0 Å². The molecular formula is C12H21NO5S. The SMILES string of the molecule is O=C(O)CCOC1CCN(S(=O)(=O)CC2CC2)CC1. The van der Waals surface area contributed by atoms with Crippen LogP contribution in [0.3, 0.4) is 0 Å². The minimum absolute atomic E-state index is 0.000191. The molecule has 0 unspecified atom stereocenters. The molecule has 110 valence electrons. The summed E-state index contributed by atoms with van der Waals surface area (Å²) in [7, 11) is -3.09. The Bertz CT molecular complexity index is 410. The summed E-state index contributed by atoms with van der Waals surface area (Å²) in [5.74, 6) is -0.212. The molecule has 1 N–H and O–H groups in total. The second-order valence-corrected chi connectivity index (χ2v) is 7.35. The number of carbonyl (C=O) groups is 1. The fourth-order valence-electron chi connectivity index (χ4n) is 2.28. The molecule has 7 heteroatoms. The number of piperidine rings is 1. The highest BCUT2D eigenvalue weighted by atomic mass is 32.2. The quantitative estimate of drug-likeness (QED) is 0.746. The molecule has 19 heavy (non-hydrogen) atoms. The number of carboxylic acid groups (broad SMARTS) is 1. The zero-order valence-corrected chi connectivity index (χ0v) is 11.8. The lowest BCUT2D eigenvalue weighted by molar-refractivity contribution is -0.138. The lowest BCUT2D eigenvalue weighted by Crippen LogP contribution is -2.42. The van der Waals surface area contributed by atoms with Crippen LogP contribution in [0.5, 0.6) is 0 Å². The molecule has 1 saturated carbocycles. The van der Waals surface area contributed by atoms with Crippen LogP contribution in [0, 0.1) is 5.92 Å². The van der Waals surface area contributed by atoms with Crippen LogP contribution in [0.1, 0.15) is 32.1 Å². The van der Waals surface area contributed by atoms with Gasteiger partial charge in [-0.2, -0.15) is 0 Å². The molecule has 0 atom stereocenters. The predicted molar refractivity (Wildman–Crippen MR) is 69.3 cm³/mol. The van der Waals surface area contributed by atoms with E-state index in [9.17, 15) is 13.2 Å². The van der Waals surface area contributed by atoms with Gasteiger partial charge in [-0.05, 0) is 31.6 Å². The van der Waals surface area contributed by atoms with Crippen molar-refractivity contribution in [2.75, 3.05) is 25.4 Å². The first-order valence-electron chi connectivity index (χ1n) is 6.78. The van der Waals surface area contributed by atoms with Gasteiger partial charge in [0.05, 0.1) is 24.9 Å². The second-order valence-electron chi connectivity index (χ2n) is 5.33. The van der Waals surface area contributed by atoms with Crippen LogP contribution in [-0.4, -0.2) is 55.4 Å². The molecule has 1 saturated heterocycles. The zero-order chi connectivity index (χ0) is 13.9. The average Bonchev–Trinajstić information content (AvgIpc) is 3.12. The van der Waals surface area contributed by atoms with Gasteiger partial charge in [-0.3, -0.25) is 4.79 Å². The molecule has 2 rings (SSSR count). The molecule has 0 aromatic carbocycles. The summed E-state index contributed by atoms with van der Waals surface area (Å²) < 4.78 is 31.1. The molecule has 2 aliphatic rings. The lowest BCUT2D eigenvalue weighted by atomic mass is 10.1. The summed E-state index contributed by atoms with van der Waals surface area (Å²) in [5, 5.41) is 8.51. The number of nitrogens with zero attached hydrogens (tertiary/aromatic N) is 1. The highest BCUT2D eigenvalue weighted by Crippen LogP contribution is 2.31. The molecule has 0 aromatic heterocycles. The van der Waals surface area contributed by atoms with Gasteiger partial charge in [0.1, 0.15) is 0 Å². The molecule has 0 radical (unpaired) electrons. The Hall–Kier alpha value is -0.660. The third kappa shape index (κ3) is 4.74. The van der Waals surface area contributed by atoms with Gasteiger partial charge in [0.25, 0.3) is 0 Å². The van der Waals surface area contributed by atoms with E-state index < -0.39 is 16.0 Å². The van der Waals surface area contributed by atoms with Crippen molar-refractivity contribution in [3.05, 3.63) is 0 Å². The summed E-state index contributed by atoms with van der Waals surface area (Å²) in [4.78, 5) is 10.4. The normalized spacial score (nSPS) is 22.5. The Morgan fingerprint density at radius 2 is 1.84 bits per heavy atom. The number of rotatable bonds is 7. The predicted octanol–water partition coefficient (Wildman–Crippen LogP) is 0.682. The molecule has 0 aromatic rings. The van der Waals surface area contributed by atoms with E-state index in [2.05, 4.69) is 0 Å². The van der Waals surface area contributed by atoms with Crippen LogP contribution in [0.25, 0.3) is 0 Å². The average molecular weight is 291 g/mol. The minimum Gasteiger partial charge on any atom is -0.481 e. The van der Waals surface area contributed by atoms with Crippen molar-refractivity contribution in [1.29, 1.82) is 0 Å². The van der Waals surface area contributed by atoms with Gasteiger partial charge in [0.2, 0.25) is 10.0 Å². The van der Waals surface area contributed by atoms with E-state index in [1.807, 2.05) is 0 Å². The van der Waals surface area contributed by atoms with E-state index in [1.165, 1.54) is 0 Å². The molecule has 1 aliphatic carbocycles. The van der Waals surface area contributed by atoms with Crippen molar-refractivity contribution >= 4 is 16.0 Å². The van der Waals surface area contributed by atoms with Crippen LogP contribution < -0.4 is 0 Å². The Labute approximate surface area is 113 Å². The van der Waals surface area contributed by atoms with Crippen molar-refractivity contribution in [3.63, 3.8) is 0 Å². The molecule has 6 nitrogen and oxygen atoms in total. The number of hydrogen-bond donors (Lipinski definition) is 1. The molecule has 2 fully saturated rings. The smallest absolute Gasteiger partial charge is 0.305 e. The molecule has 1 aliphatic heterocycles. The highest BCUT2D eigenvalue weighted by molar-refractivity contribution is 7.89. The Kier molecular flexibility index (Phi) is 4.81. The van der Waals surface area contributed by atoms with Gasteiger partial charge in [-0.1, -0.05) is 0 Å². The van der Waals surface area contributed by atoms with Crippen molar-refractivity contribution < 1.29 is 23.1 Å². The van der Waals surface area contributed by atoms with Gasteiger partial charge in [-0.15, -0.1) is 0 Å². The Balaban J connectivity index is 1.70. The molecule has 0 amide bonds. The molecular weight excluding hydrogens is 270 g/mol. The lowest BCUT2D eigenvalue weighted by Gasteiger charge is -2.31. The van der Waals surface area contributed by atoms with Gasteiger partial charge < -0.3 is 9.84 Å². The first-order valence-corrected chi connectivity index (χ1v) is 8.39. The Morgan fingerprint density at radius 1 is 1.21 bits per heavy atom. The summed E-state index contributed by atoms with van der Waals surface area (Å²) in [6.45, 7) is 1.19. The van der Waals surface area contributed by atoms with Gasteiger partial charge in [0.15, 0.2) is 0 Å². The summed E-state index contributed by atoms with van der Waals surface area (Å²) in [5.41, 5.74) is 0. The van der Waals surface area contributed by atoms with E-state index in [1.54, 1.807) is 4.31 Å². The topological polar surface area (TPSA) is 83.9 Å². The number of aliphatic carboxylic acids is 1. The fraction of sp³-hybridized carbons (Fsp3) is 0.917. The largest absolute Gasteiger partial charge is 0.481 e. The van der Waals surface area contributed by atoms with Crippen molar-refractivity contribution in [3.8, 4) is 0 Å². The van der Waals surface area contributed by atoms with Crippen molar-refractivity contribution in [2.24, 2.45) is 5.92 Å². The third-order valence-electron chi connectivity index (χ3n) is 3.61. The first kappa shape index (κ1) is 14.7. The maximum Gasteiger partial charge on any atom is 0.305 e. The first-order chi connectivity index (χ1) is 8.97. The zero-order valence-electron chi connectivity index (χ0n) is 11.0. The second kappa shape index (κ2) is 6.19. The van der Waals surface area contributed by atoms with Gasteiger partial charge >= 0.3 is 5.97 Å². The highest BCUT2D eigenvalue weighted by Gasteiger charge is 2.34. The minimum atomic E-state index is -3.09. The molecule has 0 spiro atoms. The van der Waals surface area contributed by atoms with E-state index in [0.717, 1.165) is 12.8 Å². The van der Waals surface area contributed by atoms with E-state index in [4.69, 9.17) is 9.84 Å².